The monoisotopic (exact) mass is 497 g/mol. The molecule has 32 heavy (non-hydrogen) atoms. The van der Waals surface area contributed by atoms with Crippen molar-refractivity contribution in [1.29, 1.82) is 0 Å². The normalized spacial score (nSPS) is 27.9. The van der Waals surface area contributed by atoms with Crippen molar-refractivity contribution in [1.82, 2.24) is 0 Å². The second-order valence-electron chi connectivity index (χ2n) is 8.43. The van der Waals surface area contributed by atoms with Crippen molar-refractivity contribution in [3.63, 3.8) is 0 Å². The predicted molar refractivity (Wildman–Crippen MR) is 115 cm³/mol. The summed E-state index contributed by atoms with van der Waals surface area (Å²) in [7, 11) is 0. The molecule has 7 heteroatoms. The smallest absolute Gasteiger partial charge is 0.274 e. The maximum absolute atomic E-state index is 13.7. The van der Waals surface area contributed by atoms with Gasteiger partial charge in [-0.25, -0.2) is 4.90 Å². The van der Waals surface area contributed by atoms with Crippen molar-refractivity contribution in [2.45, 2.75) is 16.4 Å². The Labute approximate surface area is 190 Å². The molecular weight excluding hydrogens is 483 g/mol. The summed E-state index contributed by atoms with van der Waals surface area (Å²) in [6, 6.07) is 19.8. The molecule has 0 radical (unpaired) electrons. The number of hydrogen-bond acceptors (Lipinski definition) is 2. The van der Waals surface area contributed by atoms with E-state index >= 15 is 0 Å². The van der Waals surface area contributed by atoms with Gasteiger partial charge < -0.3 is 0 Å². The van der Waals surface area contributed by atoms with E-state index in [1.54, 1.807) is 0 Å². The highest BCUT2D eigenvalue weighted by Gasteiger charge is 2.67. The van der Waals surface area contributed by atoms with Gasteiger partial charge in [0.05, 0.1) is 27.4 Å². The molecule has 1 heterocycles. The first-order chi connectivity index (χ1) is 15.2. The third kappa shape index (κ3) is 2.32. The number of carbonyl (C=O) groups excluding carboxylic acids is 2. The van der Waals surface area contributed by atoms with Crippen LogP contribution in [0.2, 0.25) is 0 Å². The minimum atomic E-state index is -4.57. The third-order valence-electron chi connectivity index (χ3n) is 6.95. The number of alkyl halides is 4. The minimum absolute atomic E-state index is 0.0483. The first-order valence-corrected chi connectivity index (χ1v) is 11.0. The molecule has 0 N–H and O–H groups in total. The minimum Gasteiger partial charge on any atom is -0.274 e. The Balaban J connectivity index is 1.56. The molecule has 4 aliphatic rings. The Morgan fingerprint density at radius 2 is 1.41 bits per heavy atom. The van der Waals surface area contributed by atoms with E-state index in [1.807, 2.05) is 48.5 Å². The first kappa shape index (κ1) is 19.7. The van der Waals surface area contributed by atoms with Crippen LogP contribution in [0, 0.1) is 11.8 Å². The molecule has 160 valence electrons. The van der Waals surface area contributed by atoms with E-state index in [9.17, 15) is 22.8 Å². The lowest BCUT2D eigenvalue weighted by molar-refractivity contribution is -0.137. The van der Waals surface area contributed by atoms with Crippen molar-refractivity contribution < 1.29 is 22.8 Å². The van der Waals surface area contributed by atoms with Gasteiger partial charge in [-0.05, 0) is 40.5 Å². The zero-order valence-corrected chi connectivity index (χ0v) is 18.0. The highest BCUT2D eigenvalue weighted by atomic mass is 79.9. The Bertz CT molecular complexity index is 1270. The Hall–Kier alpha value is -2.93. The number of halogens is 4. The van der Waals surface area contributed by atoms with Crippen LogP contribution in [0.5, 0.6) is 0 Å². The van der Waals surface area contributed by atoms with Crippen molar-refractivity contribution in [2.24, 2.45) is 11.8 Å². The number of benzene rings is 3. The SMILES string of the molecule is O=C1C2C3c4ccccc4C(Br)(c4ccccc43)C2C(=O)N1c1cccc(C(F)(F)F)c1. The van der Waals surface area contributed by atoms with Crippen LogP contribution < -0.4 is 4.90 Å². The van der Waals surface area contributed by atoms with Crippen LogP contribution >= 0.6 is 15.9 Å². The highest BCUT2D eigenvalue weighted by Crippen LogP contribution is 2.66. The van der Waals surface area contributed by atoms with Crippen LogP contribution in [0.25, 0.3) is 0 Å². The Morgan fingerprint density at radius 1 is 0.812 bits per heavy atom. The summed E-state index contributed by atoms with van der Waals surface area (Å²) in [5.74, 6) is -2.72. The molecule has 1 aliphatic heterocycles. The maximum Gasteiger partial charge on any atom is 0.416 e. The van der Waals surface area contributed by atoms with E-state index in [0.29, 0.717) is 0 Å². The first-order valence-electron chi connectivity index (χ1n) is 10.2. The number of amides is 2. The topological polar surface area (TPSA) is 37.4 Å². The Morgan fingerprint density at radius 3 is 2.00 bits per heavy atom. The molecule has 2 atom stereocenters. The number of imide groups is 1. The molecule has 3 aromatic rings. The van der Waals surface area contributed by atoms with Gasteiger partial charge in [0.25, 0.3) is 0 Å². The van der Waals surface area contributed by atoms with Gasteiger partial charge in [-0.1, -0.05) is 70.5 Å². The van der Waals surface area contributed by atoms with E-state index in [1.165, 1.54) is 12.1 Å². The number of nitrogens with zero attached hydrogens (tertiary/aromatic N) is 1. The molecule has 2 unspecified atom stereocenters. The summed E-state index contributed by atoms with van der Waals surface area (Å²) in [4.78, 5) is 28.3. The summed E-state index contributed by atoms with van der Waals surface area (Å²) in [5.41, 5.74) is 2.85. The molecule has 0 spiro atoms. The summed E-state index contributed by atoms with van der Waals surface area (Å²) in [5, 5.41) is 0. The lowest BCUT2D eigenvalue weighted by atomic mass is 9.55. The third-order valence-corrected chi connectivity index (χ3v) is 8.29. The fraction of sp³-hybridized carbons (Fsp3) is 0.200. The van der Waals surface area contributed by atoms with Gasteiger partial charge in [-0.2, -0.15) is 13.2 Å². The van der Waals surface area contributed by atoms with E-state index in [4.69, 9.17) is 0 Å². The molecule has 3 nitrogen and oxygen atoms in total. The molecular formula is C25H15BrF3NO2. The molecule has 1 fully saturated rings. The van der Waals surface area contributed by atoms with Crippen molar-refractivity contribution in [2.75, 3.05) is 4.90 Å². The largest absolute Gasteiger partial charge is 0.416 e. The molecule has 0 saturated carbocycles. The van der Waals surface area contributed by atoms with Crippen LogP contribution in [-0.4, -0.2) is 11.8 Å². The summed E-state index contributed by atoms with van der Waals surface area (Å²) >= 11 is 3.87. The highest BCUT2D eigenvalue weighted by molar-refractivity contribution is 9.09. The zero-order chi connectivity index (χ0) is 22.4. The molecule has 3 aliphatic carbocycles. The number of anilines is 1. The van der Waals surface area contributed by atoms with Crippen molar-refractivity contribution in [3.8, 4) is 0 Å². The summed E-state index contributed by atoms with van der Waals surface area (Å²) < 4.78 is 39.0. The average Bonchev–Trinajstić information content (AvgIpc) is 3.05. The fourth-order valence-corrected chi connectivity index (χ4v) is 6.96. The number of rotatable bonds is 1. The van der Waals surface area contributed by atoms with E-state index < -0.39 is 39.7 Å². The second-order valence-corrected chi connectivity index (χ2v) is 9.68. The standard InChI is InChI=1S/C25H15BrF3NO2/c26-24-17-10-3-1-8-15(17)19(16-9-2-4-11-18(16)24)20-21(24)23(32)30(22(20)31)14-7-5-6-13(12-14)25(27,28)29/h1-12,19-21H. The quantitative estimate of drug-likeness (QED) is 0.323. The van der Waals surface area contributed by atoms with Gasteiger partial charge in [0.2, 0.25) is 11.8 Å². The van der Waals surface area contributed by atoms with Crippen molar-refractivity contribution in [3.05, 3.63) is 101 Å². The molecule has 2 bridgehead atoms. The molecule has 1 saturated heterocycles. The van der Waals surface area contributed by atoms with Crippen LogP contribution in [0.15, 0.2) is 72.8 Å². The second kappa shape index (κ2) is 6.32. The van der Waals surface area contributed by atoms with Crippen LogP contribution in [0.4, 0.5) is 18.9 Å². The molecule has 7 rings (SSSR count). The molecule has 0 aromatic heterocycles. The zero-order valence-electron chi connectivity index (χ0n) is 16.4. The lowest BCUT2D eigenvalue weighted by Crippen LogP contribution is -2.50. The van der Waals surface area contributed by atoms with Gasteiger partial charge >= 0.3 is 6.18 Å². The van der Waals surface area contributed by atoms with Gasteiger partial charge in [0.1, 0.15) is 0 Å². The van der Waals surface area contributed by atoms with Gasteiger partial charge in [0, 0.05) is 5.92 Å². The lowest BCUT2D eigenvalue weighted by Gasteiger charge is -2.51. The molecule has 3 aromatic carbocycles. The predicted octanol–water partition coefficient (Wildman–Crippen LogP) is 5.61. The van der Waals surface area contributed by atoms with Gasteiger partial charge in [0.15, 0.2) is 0 Å². The van der Waals surface area contributed by atoms with Crippen LogP contribution in [0.3, 0.4) is 0 Å². The van der Waals surface area contributed by atoms with Gasteiger partial charge in [-0.3, -0.25) is 9.59 Å². The average molecular weight is 498 g/mol. The number of carbonyl (C=O) groups is 2. The maximum atomic E-state index is 13.7. The van der Waals surface area contributed by atoms with E-state index in [-0.39, 0.29) is 11.6 Å². The summed E-state index contributed by atoms with van der Waals surface area (Å²) in [6.45, 7) is 0. The summed E-state index contributed by atoms with van der Waals surface area (Å²) in [6.07, 6.45) is -4.57. The van der Waals surface area contributed by atoms with Crippen LogP contribution in [-0.2, 0) is 20.1 Å². The van der Waals surface area contributed by atoms with Crippen molar-refractivity contribution >= 4 is 33.4 Å². The Kier molecular flexibility index (Phi) is 3.89. The van der Waals surface area contributed by atoms with E-state index in [0.717, 1.165) is 39.3 Å². The molecule has 2 amide bonds. The number of hydrogen-bond donors (Lipinski definition) is 0. The van der Waals surface area contributed by atoms with E-state index in [2.05, 4.69) is 15.9 Å². The van der Waals surface area contributed by atoms with Gasteiger partial charge in [-0.15, -0.1) is 0 Å². The fourth-order valence-electron chi connectivity index (χ4n) is 5.75. The van der Waals surface area contributed by atoms with Crippen LogP contribution in [0.1, 0.15) is 33.7 Å².